The zero-order valence-corrected chi connectivity index (χ0v) is 10.5. The van der Waals surface area contributed by atoms with Crippen LogP contribution in [0.3, 0.4) is 0 Å². The predicted molar refractivity (Wildman–Crippen MR) is 71.2 cm³/mol. The molecular weight excluding hydrogens is 180 g/mol. The van der Waals surface area contributed by atoms with Crippen LogP contribution in [0.4, 0.5) is 0 Å². The molecule has 0 aromatic rings. The van der Waals surface area contributed by atoms with Crippen molar-refractivity contribution in [2.45, 2.75) is 71.1 Å². The van der Waals surface area contributed by atoms with Crippen LogP contribution in [0.5, 0.6) is 0 Å². The van der Waals surface area contributed by atoms with Gasteiger partial charge in [-0.2, -0.15) is 0 Å². The third kappa shape index (κ3) is 13.5. The average Bonchev–Trinajstić information content (AvgIpc) is 2.26. The first kappa shape index (κ1) is 14.5. The maximum atomic E-state index is 3.66. The van der Waals surface area contributed by atoms with Gasteiger partial charge in [0.05, 0.1) is 0 Å². The van der Waals surface area contributed by atoms with Crippen LogP contribution in [0.15, 0.2) is 24.8 Å². The van der Waals surface area contributed by atoms with E-state index < -0.39 is 0 Å². The van der Waals surface area contributed by atoms with Gasteiger partial charge < -0.3 is 0 Å². The molecule has 0 N–H and O–H groups in total. The molecule has 0 bridgehead atoms. The molecule has 0 heterocycles. The van der Waals surface area contributed by atoms with Crippen molar-refractivity contribution in [3.63, 3.8) is 0 Å². The van der Waals surface area contributed by atoms with E-state index in [0.717, 1.165) is 0 Å². The van der Waals surface area contributed by atoms with Crippen molar-refractivity contribution in [3.05, 3.63) is 24.8 Å². The summed E-state index contributed by atoms with van der Waals surface area (Å²) in [6.45, 7) is 5.93. The van der Waals surface area contributed by atoms with E-state index in [1.54, 1.807) is 0 Å². The number of hydrogen-bond donors (Lipinski definition) is 0. The Bertz CT molecular complexity index is 144. The first-order valence-electron chi connectivity index (χ1n) is 6.69. The second-order valence-electron chi connectivity index (χ2n) is 4.28. The van der Waals surface area contributed by atoms with Crippen LogP contribution in [-0.2, 0) is 0 Å². The average molecular weight is 208 g/mol. The number of unbranched alkanes of at least 4 members (excludes halogenated alkanes) is 9. The molecule has 0 nitrogen and oxygen atoms in total. The SMILES string of the molecule is C=CC=CCCCCCCCCCCC. The Kier molecular flexibility index (Phi) is 13.0. The standard InChI is InChI=1S/C15H28/c1-3-5-7-9-11-13-15-14-12-10-8-6-4-2/h3,5,7H,1,4,6,8-15H2,2H3. The summed E-state index contributed by atoms with van der Waals surface area (Å²) >= 11 is 0. The van der Waals surface area contributed by atoms with Crippen LogP contribution in [0.25, 0.3) is 0 Å². The Morgan fingerprint density at radius 2 is 1.33 bits per heavy atom. The molecule has 0 aliphatic heterocycles. The van der Waals surface area contributed by atoms with Crippen LogP contribution in [-0.4, -0.2) is 0 Å². The predicted octanol–water partition coefficient (Wildman–Crippen LogP) is 5.65. The van der Waals surface area contributed by atoms with Crippen LogP contribution in [0, 0.1) is 0 Å². The highest BCUT2D eigenvalue weighted by molar-refractivity contribution is 4.96. The van der Waals surface area contributed by atoms with Crippen molar-refractivity contribution in [1.82, 2.24) is 0 Å². The summed E-state index contributed by atoms with van der Waals surface area (Å²) in [6, 6.07) is 0. The second-order valence-corrected chi connectivity index (χ2v) is 4.28. The molecule has 0 unspecified atom stereocenters. The van der Waals surface area contributed by atoms with E-state index in [1.807, 2.05) is 12.2 Å². The summed E-state index contributed by atoms with van der Waals surface area (Å²) in [6.07, 6.45) is 20.1. The molecular formula is C15H28. The normalized spacial score (nSPS) is 11.0. The Labute approximate surface area is 96.5 Å². The molecule has 0 heteroatoms. The molecule has 0 radical (unpaired) electrons. The largest absolute Gasteiger partial charge is 0.0991 e. The van der Waals surface area contributed by atoms with E-state index in [2.05, 4.69) is 19.6 Å². The Balaban J connectivity index is 2.92. The third-order valence-corrected chi connectivity index (χ3v) is 2.75. The fourth-order valence-electron chi connectivity index (χ4n) is 1.77. The summed E-state index contributed by atoms with van der Waals surface area (Å²) in [7, 11) is 0. The molecule has 88 valence electrons. The third-order valence-electron chi connectivity index (χ3n) is 2.75. The molecule has 0 aromatic carbocycles. The fraction of sp³-hybridized carbons (Fsp3) is 0.733. The van der Waals surface area contributed by atoms with Crippen LogP contribution < -0.4 is 0 Å². The number of rotatable bonds is 11. The van der Waals surface area contributed by atoms with Crippen molar-refractivity contribution in [1.29, 1.82) is 0 Å². The monoisotopic (exact) mass is 208 g/mol. The molecule has 0 saturated carbocycles. The molecule has 0 saturated heterocycles. The van der Waals surface area contributed by atoms with Gasteiger partial charge in [0.1, 0.15) is 0 Å². The molecule has 0 aliphatic rings. The minimum atomic E-state index is 1.22. The van der Waals surface area contributed by atoms with E-state index in [0.29, 0.717) is 0 Å². The maximum absolute atomic E-state index is 3.66. The van der Waals surface area contributed by atoms with E-state index in [9.17, 15) is 0 Å². The molecule has 0 fully saturated rings. The summed E-state index contributed by atoms with van der Waals surface area (Å²) in [5.41, 5.74) is 0. The summed E-state index contributed by atoms with van der Waals surface area (Å²) < 4.78 is 0. The van der Waals surface area contributed by atoms with Crippen LogP contribution in [0.2, 0.25) is 0 Å². The number of allylic oxidation sites excluding steroid dienone is 3. The second kappa shape index (κ2) is 13.5. The molecule has 0 spiro atoms. The Morgan fingerprint density at radius 1 is 0.800 bits per heavy atom. The lowest BCUT2D eigenvalue weighted by Crippen LogP contribution is -1.80. The highest BCUT2D eigenvalue weighted by Crippen LogP contribution is 2.10. The van der Waals surface area contributed by atoms with Gasteiger partial charge in [-0.05, 0) is 12.8 Å². The van der Waals surface area contributed by atoms with Crippen molar-refractivity contribution < 1.29 is 0 Å². The first-order chi connectivity index (χ1) is 7.41. The lowest BCUT2D eigenvalue weighted by atomic mass is 10.1. The van der Waals surface area contributed by atoms with E-state index in [1.165, 1.54) is 64.2 Å². The zero-order valence-electron chi connectivity index (χ0n) is 10.5. The van der Waals surface area contributed by atoms with Gasteiger partial charge >= 0.3 is 0 Å². The molecule has 15 heavy (non-hydrogen) atoms. The highest BCUT2D eigenvalue weighted by Gasteiger charge is 1.90. The summed E-state index contributed by atoms with van der Waals surface area (Å²) in [4.78, 5) is 0. The minimum absolute atomic E-state index is 1.22. The van der Waals surface area contributed by atoms with Crippen molar-refractivity contribution in [2.75, 3.05) is 0 Å². The topological polar surface area (TPSA) is 0 Å². The molecule has 0 aliphatic carbocycles. The summed E-state index contributed by atoms with van der Waals surface area (Å²) in [5, 5.41) is 0. The van der Waals surface area contributed by atoms with Crippen molar-refractivity contribution in [3.8, 4) is 0 Å². The molecule has 0 rings (SSSR count). The van der Waals surface area contributed by atoms with Crippen LogP contribution >= 0.6 is 0 Å². The lowest BCUT2D eigenvalue weighted by molar-refractivity contribution is 0.566. The lowest BCUT2D eigenvalue weighted by Gasteiger charge is -2.00. The van der Waals surface area contributed by atoms with E-state index in [-0.39, 0.29) is 0 Å². The van der Waals surface area contributed by atoms with Crippen LogP contribution in [0.1, 0.15) is 71.1 Å². The van der Waals surface area contributed by atoms with Crippen molar-refractivity contribution >= 4 is 0 Å². The molecule has 0 amide bonds. The van der Waals surface area contributed by atoms with E-state index in [4.69, 9.17) is 0 Å². The zero-order chi connectivity index (χ0) is 11.2. The minimum Gasteiger partial charge on any atom is -0.0991 e. The first-order valence-corrected chi connectivity index (χ1v) is 6.69. The maximum Gasteiger partial charge on any atom is -0.0348 e. The van der Waals surface area contributed by atoms with Gasteiger partial charge in [0.25, 0.3) is 0 Å². The van der Waals surface area contributed by atoms with E-state index >= 15 is 0 Å². The van der Waals surface area contributed by atoms with Gasteiger partial charge in [0.15, 0.2) is 0 Å². The fourth-order valence-corrected chi connectivity index (χ4v) is 1.77. The number of hydrogen-bond acceptors (Lipinski definition) is 0. The summed E-state index contributed by atoms with van der Waals surface area (Å²) in [5.74, 6) is 0. The van der Waals surface area contributed by atoms with Gasteiger partial charge in [-0.25, -0.2) is 0 Å². The van der Waals surface area contributed by atoms with Gasteiger partial charge in [-0.3, -0.25) is 0 Å². The Morgan fingerprint density at radius 3 is 1.87 bits per heavy atom. The smallest absolute Gasteiger partial charge is 0.0348 e. The highest BCUT2D eigenvalue weighted by atomic mass is 14.0. The molecule has 0 atom stereocenters. The Hall–Kier alpha value is -0.520. The molecule has 0 aromatic heterocycles. The van der Waals surface area contributed by atoms with Gasteiger partial charge in [-0.1, -0.05) is 83.1 Å². The van der Waals surface area contributed by atoms with Gasteiger partial charge in [0, 0.05) is 0 Å². The van der Waals surface area contributed by atoms with Gasteiger partial charge in [0.2, 0.25) is 0 Å². The quantitative estimate of drug-likeness (QED) is 0.304. The van der Waals surface area contributed by atoms with Crippen molar-refractivity contribution in [2.24, 2.45) is 0 Å². The van der Waals surface area contributed by atoms with Gasteiger partial charge in [-0.15, -0.1) is 0 Å².